The Morgan fingerprint density at radius 1 is 0.762 bits per heavy atom. The average molecular weight is 288 g/mol. The Kier molecular flexibility index (Phi) is 5.93. The molecular weight excluding hydrogens is 268 g/mol. The van der Waals surface area contributed by atoms with E-state index < -0.39 is 0 Å². The molecule has 4 N–H and O–H groups in total. The topological polar surface area (TPSA) is 96.3 Å². The molecule has 2 heterocycles. The number of nitrogens with two attached hydrogens (primary N) is 2. The first kappa shape index (κ1) is 15.2. The fraction of sp³-hybridized carbons (Fsp3) is 0.333. The van der Waals surface area contributed by atoms with Crippen LogP contribution >= 0.6 is 0 Å². The molecule has 0 radical (unpaired) electrons. The summed E-state index contributed by atoms with van der Waals surface area (Å²) in [6.45, 7) is 2.14. The van der Waals surface area contributed by atoms with Crippen molar-refractivity contribution in [3.05, 3.63) is 47.8 Å². The first-order valence-electron chi connectivity index (χ1n) is 6.82. The molecule has 0 aromatic carbocycles. The minimum absolute atomic E-state index is 0.460. The van der Waals surface area contributed by atoms with Crippen molar-refractivity contribution >= 4 is 11.6 Å². The van der Waals surface area contributed by atoms with Gasteiger partial charge in [0.1, 0.15) is 11.6 Å². The van der Waals surface area contributed by atoms with E-state index in [1.54, 1.807) is 12.1 Å². The molecule has 0 amide bonds. The zero-order chi connectivity index (χ0) is 14.9. The second kappa shape index (κ2) is 8.18. The number of nitrogens with zero attached hydrogens (tertiary/aromatic N) is 2. The standard InChI is InChI=1S/C15H20N4O2/c16-14-6-1-4-12(18-14)10-20-8-3-9-21-11-13-5-2-7-15(17)19-13/h1-2,4-7H,3,8-11H2,(H2,16,18)(H2,17,19). The van der Waals surface area contributed by atoms with Crippen LogP contribution in [0.1, 0.15) is 17.8 Å². The van der Waals surface area contributed by atoms with E-state index in [4.69, 9.17) is 20.9 Å². The summed E-state index contributed by atoms with van der Waals surface area (Å²) in [5.74, 6) is 1.02. The fourth-order valence-corrected chi connectivity index (χ4v) is 1.77. The van der Waals surface area contributed by atoms with Gasteiger partial charge in [-0.15, -0.1) is 0 Å². The van der Waals surface area contributed by atoms with Crippen LogP contribution in [0.5, 0.6) is 0 Å². The molecule has 2 aromatic rings. The van der Waals surface area contributed by atoms with Gasteiger partial charge in [-0.05, 0) is 30.7 Å². The zero-order valence-corrected chi connectivity index (χ0v) is 11.9. The van der Waals surface area contributed by atoms with Gasteiger partial charge < -0.3 is 20.9 Å². The lowest BCUT2D eigenvalue weighted by Gasteiger charge is -2.06. The van der Waals surface area contributed by atoms with Crippen molar-refractivity contribution in [3.8, 4) is 0 Å². The van der Waals surface area contributed by atoms with Crippen LogP contribution in [0, 0.1) is 0 Å². The summed E-state index contributed by atoms with van der Waals surface area (Å²) in [5, 5.41) is 0. The molecule has 0 atom stereocenters. The first-order valence-corrected chi connectivity index (χ1v) is 6.82. The van der Waals surface area contributed by atoms with Gasteiger partial charge in [0.25, 0.3) is 0 Å². The molecule has 6 nitrogen and oxygen atoms in total. The number of pyridine rings is 2. The highest BCUT2D eigenvalue weighted by Gasteiger charge is 1.98. The van der Waals surface area contributed by atoms with Crippen LogP contribution in [0.15, 0.2) is 36.4 Å². The number of anilines is 2. The number of rotatable bonds is 8. The minimum atomic E-state index is 0.460. The third kappa shape index (κ3) is 5.76. The molecule has 21 heavy (non-hydrogen) atoms. The van der Waals surface area contributed by atoms with E-state index in [9.17, 15) is 0 Å². The van der Waals surface area contributed by atoms with E-state index in [-0.39, 0.29) is 0 Å². The van der Waals surface area contributed by atoms with Crippen molar-refractivity contribution in [2.45, 2.75) is 19.6 Å². The van der Waals surface area contributed by atoms with E-state index >= 15 is 0 Å². The molecule has 0 bridgehead atoms. The van der Waals surface area contributed by atoms with Gasteiger partial charge in [0.15, 0.2) is 0 Å². The lowest BCUT2D eigenvalue weighted by molar-refractivity contribution is 0.0674. The van der Waals surface area contributed by atoms with E-state index in [0.717, 1.165) is 17.8 Å². The van der Waals surface area contributed by atoms with Crippen LogP contribution in [-0.2, 0) is 22.7 Å². The van der Waals surface area contributed by atoms with Gasteiger partial charge in [-0.25, -0.2) is 9.97 Å². The SMILES string of the molecule is Nc1cccc(COCCCOCc2cccc(N)n2)n1. The van der Waals surface area contributed by atoms with E-state index in [1.807, 2.05) is 24.3 Å². The van der Waals surface area contributed by atoms with Crippen LogP contribution in [0.2, 0.25) is 0 Å². The van der Waals surface area contributed by atoms with E-state index in [0.29, 0.717) is 38.1 Å². The lowest BCUT2D eigenvalue weighted by Crippen LogP contribution is -2.04. The van der Waals surface area contributed by atoms with Crippen LogP contribution in [-0.4, -0.2) is 23.2 Å². The number of ether oxygens (including phenoxy) is 2. The van der Waals surface area contributed by atoms with Crippen molar-refractivity contribution in [1.29, 1.82) is 0 Å². The summed E-state index contributed by atoms with van der Waals surface area (Å²) in [7, 11) is 0. The van der Waals surface area contributed by atoms with Crippen LogP contribution in [0.25, 0.3) is 0 Å². The van der Waals surface area contributed by atoms with Gasteiger partial charge >= 0.3 is 0 Å². The maximum atomic E-state index is 5.59. The number of nitrogen functional groups attached to an aromatic ring is 2. The zero-order valence-electron chi connectivity index (χ0n) is 11.9. The summed E-state index contributed by atoms with van der Waals surface area (Å²) in [4.78, 5) is 8.31. The smallest absolute Gasteiger partial charge is 0.123 e. The fourth-order valence-electron chi connectivity index (χ4n) is 1.77. The highest BCUT2D eigenvalue weighted by Crippen LogP contribution is 2.04. The Morgan fingerprint density at radius 2 is 1.24 bits per heavy atom. The van der Waals surface area contributed by atoms with Gasteiger partial charge in [0, 0.05) is 13.2 Å². The molecule has 0 saturated heterocycles. The van der Waals surface area contributed by atoms with Gasteiger partial charge in [-0.1, -0.05) is 12.1 Å². The van der Waals surface area contributed by atoms with Crippen LogP contribution in [0.3, 0.4) is 0 Å². The average Bonchev–Trinajstić information content (AvgIpc) is 2.46. The largest absolute Gasteiger partial charge is 0.384 e. The summed E-state index contributed by atoms with van der Waals surface area (Å²) >= 11 is 0. The molecule has 0 spiro atoms. The van der Waals surface area contributed by atoms with Crippen LogP contribution < -0.4 is 11.5 Å². The molecule has 2 aromatic heterocycles. The summed E-state index contributed by atoms with van der Waals surface area (Å²) in [6.07, 6.45) is 0.810. The van der Waals surface area contributed by atoms with Gasteiger partial charge in [0.05, 0.1) is 24.6 Å². The second-order valence-electron chi connectivity index (χ2n) is 4.57. The molecular formula is C15H20N4O2. The number of hydrogen-bond acceptors (Lipinski definition) is 6. The predicted molar refractivity (Wildman–Crippen MR) is 81.2 cm³/mol. The van der Waals surface area contributed by atoms with Crippen molar-refractivity contribution in [3.63, 3.8) is 0 Å². The van der Waals surface area contributed by atoms with E-state index in [2.05, 4.69) is 9.97 Å². The Bertz CT molecular complexity index is 513. The van der Waals surface area contributed by atoms with Crippen molar-refractivity contribution in [1.82, 2.24) is 9.97 Å². The Balaban J connectivity index is 1.54. The van der Waals surface area contributed by atoms with Crippen LogP contribution in [0.4, 0.5) is 11.6 Å². The summed E-state index contributed by atoms with van der Waals surface area (Å²) in [6, 6.07) is 11.0. The highest BCUT2D eigenvalue weighted by atomic mass is 16.5. The monoisotopic (exact) mass is 288 g/mol. The number of aromatic nitrogens is 2. The molecule has 0 fully saturated rings. The summed E-state index contributed by atoms with van der Waals surface area (Å²) < 4.78 is 11.0. The molecule has 0 aliphatic heterocycles. The maximum absolute atomic E-state index is 5.59. The van der Waals surface area contributed by atoms with E-state index in [1.165, 1.54) is 0 Å². The number of hydrogen-bond donors (Lipinski definition) is 2. The first-order chi connectivity index (χ1) is 10.2. The van der Waals surface area contributed by atoms with Crippen molar-refractivity contribution < 1.29 is 9.47 Å². The Hall–Kier alpha value is -2.18. The second-order valence-corrected chi connectivity index (χ2v) is 4.57. The summed E-state index contributed by atoms with van der Waals surface area (Å²) in [5.41, 5.74) is 12.9. The van der Waals surface area contributed by atoms with Gasteiger partial charge in [0.2, 0.25) is 0 Å². The molecule has 6 heteroatoms. The Morgan fingerprint density at radius 3 is 1.67 bits per heavy atom. The third-order valence-corrected chi connectivity index (χ3v) is 2.73. The normalized spacial score (nSPS) is 10.7. The molecule has 2 rings (SSSR count). The molecule has 112 valence electrons. The van der Waals surface area contributed by atoms with Gasteiger partial charge in [-0.2, -0.15) is 0 Å². The lowest BCUT2D eigenvalue weighted by atomic mass is 10.3. The highest BCUT2D eigenvalue weighted by molar-refractivity contribution is 5.29. The third-order valence-electron chi connectivity index (χ3n) is 2.73. The maximum Gasteiger partial charge on any atom is 0.123 e. The molecule has 0 aliphatic rings. The quantitative estimate of drug-likeness (QED) is 0.719. The molecule has 0 unspecified atom stereocenters. The van der Waals surface area contributed by atoms with Gasteiger partial charge in [-0.3, -0.25) is 0 Å². The minimum Gasteiger partial charge on any atom is -0.384 e. The Labute approximate surface area is 124 Å². The van der Waals surface area contributed by atoms with Crippen molar-refractivity contribution in [2.75, 3.05) is 24.7 Å². The molecule has 0 aliphatic carbocycles. The predicted octanol–water partition coefficient (Wildman–Crippen LogP) is 1.76. The van der Waals surface area contributed by atoms with Crippen molar-refractivity contribution in [2.24, 2.45) is 0 Å². The molecule has 0 saturated carbocycles.